The molecule has 4 N–H and O–H groups in total. The van der Waals surface area contributed by atoms with Gasteiger partial charge in [0, 0.05) is 6.04 Å². The molecule has 2 aromatic heterocycles. The van der Waals surface area contributed by atoms with Gasteiger partial charge in [-0.1, -0.05) is 0 Å². The topological polar surface area (TPSA) is 127 Å². The summed E-state index contributed by atoms with van der Waals surface area (Å²) in [6.07, 6.45) is 5.42. The number of hydrogen-bond acceptors (Lipinski definition) is 5. The van der Waals surface area contributed by atoms with E-state index in [2.05, 4.69) is 15.0 Å². The SMILES string of the molecule is Nc1ncnc2c1ncn2C1CCC(CP(=O)(O)O)C1. The number of fused-ring (bicyclic) bond motifs is 1. The van der Waals surface area contributed by atoms with Crippen LogP contribution in [0.2, 0.25) is 0 Å². The van der Waals surface area contributed by atoms with E-state index in [-0.39, 0.29) is 18.1 Å². The summed E-state index contributed by atoms with van der Waals surface area (Å²) in [6, 6.07) is 0.158. The number of nitrogen functional groups attached to an aromatic ring is 1. The van der Waals surface area contributed by atoms with Crippen LogP contribution in [0.4, 0.5) is 5.82 Å². The van der Waals surface area contributed by atoms with E-state index < -0.39 is 7.60 Å². The van der Waals surface area contributed by atoms with Crippen molar-refractivity contribution < 1.29 is 14.4 Å². The average Bonchev–Trinajstić information content (AvgIpc) is 2.93. The smallest absolute Gasteiger partial charge is 0.325 e. The fourth-order valence-electron chi connectivity index (χ4n) is 2.94. The largest absolute Gasteiger partial charge is 0.382 e. The molecule has 0 bridgehead atoms. The summed E-state index contributed by atoms with van der Waals surface area (Å²) in [5.74, 6) is 0.385. The average molecular weight is 297 g/mol. The zero-order chi connectivity index (χ0) is 14.3. The predicted octanol–water partition coefficient (Wildman–Crippen LogP) is 0.927. The van der Waals surface area contributed by atoms with Crippen molar-refractivity contribution in [2.24, 2.45) is 5.92 Å². The second-order valence-electron chi connectivity index (χ2n) is 5.26. The summed E-state index contributed by atoms with van der Waals surface area (Å²) in [5.41, 5.74) is 7.00. The Morgan fingerprint density at radius 1 is 1.35 bits per heavy atom. The van der Waals surface area contributed by atoms with Gasteiger partial charge in [0.05, 0.1) is 12.5 Å². The molecule has 1 fully saturated rings. The fourth-order valence-corrected chi connectivity index (χ4v) is 3.94. The van der Waals surface area contributed by atoms with E-state index in [9.17, 15) is 4.57 Å². The van der Waals surface area contributed by atoms with Crippen molar-refractivity contribution in [2.75, 3.05) is 11.9 Å². The molecule has 2 aromatic rings. The van der Waals surface area contributed by atoms with E-state index in [1.54, 1.807) is 6.33 Å². The monoisotopic (exact) mass is 297 g/mol. The molecule has 0 radical (unpaired) electrons. The fraction of sp³-hybridized carbons (Fsp3) is 0.545. The van der Waals surface area contributed by atoms with Gasteiger partial charge in [-0.3, -0.25) is 4.57 Å². The molecule has 9 heteroatoms. The third-order valence-electron chi connectivity index (χ3n) is 3.79. The minimum absolute atomic E-state index is 0.0393. The Bertz CT molecular complexity index is 682. The van der Waals surface area contributed by atoms with Crippen molar-refractivity contribution in [3.8, 4) is 0 Å². The van der Waals surface area contributed by atoms with Crippen molar-refractivity contribution in [3.05, 3.63) is 12.7 Å². The van der Waals surface area contributed by atoms with Crippen LogP contribution < -0.4 is 5.73 Å². The van der Waals surface area contributed by atoms with Gasteiger partial charge in [0.15, 0.2) is 11.5 Å². The van der Waals surface area contributed by atoms with Gasteiger partial charge in [0.25, 0.3) is 0 Å². The van der Waals surface area contributed by atoms with Crippen LogP contribution in [0.5, 0.6) is 0 Å². The molecule has 108 valence electrons. The van der Waals surface area contributed by atoms with Gasteiger partial charge in [-0.25, -0.2) is 15.0 Å². The van der Waals surface area contributed by atoms with E-state index in [0.29, 0.717) is 17.0 Å². The normalized spacial score (nSPS) is 23.5. The molecule has 0 aromatic carbocycles. The van der Waals surface area contributed by atoms with Gasteiger partial charge in [0.1, 0.15) is 11.8 Å². The third-order valence-corrected chi connectivity index (χ3v) is 4.78. The van der Waals surface area contributed by atoms with Gasteiger partial charge in [0.2, 0.25) is 0 Å². The summed E-state index contributed by atoms with van der Waals surface area (Å²) in [6.45, 7) is 0. The Balaban J connectivity index is 1.83. The zero-order valence-electron chi connectivity index (χ0n) is 10.8. The Kier molecular flexibility index (Phi) is 3.24. The van der Waals surface area contributed by atoms with Gasteiger partial charge in [-0.15, -0.1) is 0 Å². The first kappa shape index (κ1) is 13.5. The second kappa shape index (κ2) is 4.80. The van der Waals surface area contributed by atoms with E-state index >= 15 is 0 Å². The molecule has 1 aliphatic rings. The highest BCUT2D eigenvalue weighted by atomic mass is 31.2. The molecule has 0 amide bonds. The van der Waals surface area contributed by atoms with Crippen molar-refractivity contribution in [3.63, 3.8) is 0 Å². The number of nitrogens with two attached hydrogens (primary N) is 1. The number of hydrogen-bond donors (Lipinski definition) is 3. The second-order valence-corrected chi connectivity index (χ2v) is 6.96. The number of aromatic nitrogens is 4. The van der Waals surface area contributed by atoms with E-state index in [1.165, 1.54) is 6.33 Å². The Labute approximate surface area is 115 Å². The lowest BCUT2D eigenvalue weighted by molar-refractivity contribution is 0.360. The molecule has 8 nitrogen and oxygen atoms in total. The molecule has 0 saturated heterocycles. The van der Waals surface area contributed by atoms with Gasteiger partial charge < -0.3 is 20.1 Å². The first-order valence-electron chi connectivity index (χ1n) is 6.41. The molecule has 0 spiro atoms. The first-order valence-corrected chi connectivity index (χ1v) is 8.21. The molecule has 0 aliphatic heterocycles. The quantitative estimate of drug-likeness (QED) is 0.719. The summed E-state index contributed by atoms with van der Waals surface area (Å²) in [4.78, 5) is 30.4. The van der Waals surface area contributed by atoms with E-state index in [4.69, 9.17) is 15.5 Å². The number of nitrogens with zero attached hydrogens (tertiary/aromatic N) is 4. The highest BCUT2D eigenvalue weighted by molar-refractivity contribution is 7.51. The van der Waals surface area contributed by atoms with Crippen molar-refractivity contribution >= 4 is 24.6 Å². The number of anilines is 1. The Morgan fingerprint density at radius 2 is 2.15 bits per heavy atom. The van der Waals surface area contributed by atoms with E-state index in [1.807, 2.05) is 4.57 Å². The maximum Gasteiger partial charge on any atom is 0.325 e. The minimum atomic E-state index is -3.94. The molecule has 3 rings (SSSR count). The van der Waals surface area contributed by atoms with Gasteiger partial charge in [-0.2, -0.15) is 0 Å². The summed E-state index contributed by atoms with van der Waals surface area (Å²) in [7, 11) is -3.94. The molecule has 2 heterocycles. The maximum absolute atomic E-state index is 11.1. The number of rotatable bonds is 3. The van der Waals surface area contributed by atoms with Crippen LogP contribution in [0.1, 0.15) is 25.3 Å². The van der Waals surface area contributed by atoms with Crippen LogP contribution in [-0.2, 0) is 4.57 Å². The maximum atomic E-state index is 11.1. The van der Waals surface area contributed by atoms with Crippen molar-refractivity contribution in [1.29, 1.82) is 0 Å². The third kappa shape index (κ3) is 2.54. The molecular formula is C11H16N5O3P. The Hall–Kier alpha value is -1.50. The van der Waals surface area contributed by atoms with Crippen LogP contribution in [0.3, 0.4) is 0 Å². The molecule has 20 heavy (non-hydrogen) atoms. The summed E-state index contributed by atoms with van der Waals surface area (Å²) in [5, 5.41) is 0. The standard InChI is InChI=1S/C11H16N5O3P/c12-10-9-11(14-5-13-10)16(6-15-9)8-2-1-7(3-8)4-20(17,18)19/h5-8H,1-4H2,(H2,12,13,14)(H2,17,18,19). The van der Waals surface area contributed by atoms with Crippen LogP contribution in [0, 0.1) is 5.92 Å². The van der Waals surface area contributed by atoms with Gasteiger partial charge >= 0.3 is 7.60 Å². The van der Waals surface area contributed by atoms with Crippen LogP contribution >= 0.6 is 7.60 Å². The lowest BCUT2D eigenvalue weighted by atomic mass is 10.1. The predicted molar refractivity (Wildman–Crippen MR) is 73.0 cm³/mol. The molecule has 1 aliphatic carbocycles. The summed E-state index contributed by atoms with van der Waals surface area (Å²) >= 11 is 0. The van der Waals surface area contributed by atoms with Crippen LogP contribution in [0.15, 0.2) is 12.7 Å². The summed E-state index contributed by atoms with van der Waals surface area (Å²) < 4.78 is 13.0. The lowest BCUT2D eigenvalue weighted by Crippen LogP contribution is -2.07. The Morgan fingerprint density at radius 3 is 2.90 bits per heavy atom. The first-order chi connectivity index (χ1) is 9.44. The van der Waals surface area contributed by atoms with E-state index in [0.717, 1.165) is 19.3 Å². The molecular weight excluding hydrogens is 281 g/mol. The van der Waals surface area contributed by atoms with Crippen LogP contribution in [-0.4, -0.2) is 35.5 Å². The highest BCUT2D eigenvalue weighted by Gasteiger charge is 2.31. The van der Waals surface area contributed by atoms with Crippen LogP contribution in [0.25, 0.3) is 11.2 Å². The highest BCUT2D eigenvalue weighted by Crippen LogP contribution is 2.45. The lowest BCUT2D eigenvalue weighted by Gasteiger charge is -2.14. The molecule has 2 unspecified atom stereocenters. The molecule has 1 saturated carbocycles. The molecule has 2 atom stereocenters. The minimum Gasteiger partial charge on any atom is -0.382 e. The van der Waals surface area contributed by atoms with Crippen molar-refractivity contribution in [1.82, 2.24) is 19.5 Å². The van der Waals surface area contributed by atoms with Crippen molar-refractivity contribution in [2.45, 2.75) is 25.3 Å². The van der Waals surface area contributed by atoms with Gasteiger partial charge in [-0.05, 0) is 25.2 Å². The zero-order valence-corrected chi connectivity index (χ0v) is 11.6. The number of imidazole rings is 1.